The van der Waals surface area contributed by atoms with Crippen molar-refractivity contribution in [2.24, 2.45) is 0 Å². The maximum absolute atomic E-state index is 13.3. The Morgan fingerprint density at radius 1 is 1.03 bits per heavy atom. The number of alkyl halides is 3. The molecule has 0 amide bonds. The quantitative estimate of drug-likeness (QED) is 0.200. The summed E-state index contributed by atoms with van der Waals surface area (Å²) in [5, 5.41) is 21.4. The molecular weight excluding hydrogens is 615 g/mol. The van der Waals surface area contributed by atoms with Crippen LogP contribution in [0.15, 0.2) is 83.6 Å². The van der Waals surface area contributed by atoms with Gasteiger partial charge in [-0.05, 0) is 69.2 Å². The molecule has 0 aliphatic rings. The minimum absolute atomic E-state index is 0.0164. The zero-order chi connectivity index (χ0) is 27.3. The molecule has 0 saturated carbocycles. The zero-order valence-corrected chi connectivity index (χ0v) is 22.8. The van der Waals surface area contributed by atoms with Crippen LogP contribution in [0.5, 0.6) is 5.75 Å². The highest BCUT2D eigenvalue weighted by atomic mass is 79.9. The Bertz CT molecular complexity index is 1860. The fourth-order valence-electron chi connectivity index (χ4n) is 4.44. The Balaban J connectivity index is 1.56. The number of halogens is 5. The third-order valence-corrected chi connectivity index (χ3v) is 7.79. The van der Waals surface area contributed by atoms with Crippen molar-refractivity contribution in [3.8, 4) is 11.6 Å². The van der Waals surface area contributed by atoms with Crippen molar-refractivity contribution in [3.63, 3.8) is 0 Å². The highest BCUT2D eigenvalue weighted by Crippen LogP contribution is 2.41. The van der Waals surface area contributed by atoms with Crippen LogP contribution in [0, 0.1) is 0 Å². The molecule has 1 atom stereocenters. The summed E-state index contributed by atoms with van der Waals surface area (Å²) in [6.45, 7) is 0. The van der Waals surface area contributed by atoms with E-state index in [2.05, 4.69) is 36.3 Å². The summed E-state index contributed by atoms with van der Waals surface area (Å²) in [5.41, 5.74) is 0.757. The number of anilines is 1. The summed E-state index contributed by atoms with van der Waals surface area (Å²) in [6, 6.07) is 18.8. The second-order valence-electron chi connectivity index (χ2n) is 8.61. The molecule has 2 N–H and O–H groups in total. The van der Waals surface area contributed by atoms with E-state index in [0.29, 0.717) is 42.0 Å². The van der Waals surface area contributed by atoms with E-state index < -0.39 is 17.8 Å². The van der Waals surface area contributed by atoms with Crippen LogP contribution in [0.2, 0.25) is 5.02 Å². The third-order valence-electron chi connectivity index (χ3n) is 6.16. The Kier molecular flexibility index (Phi) is 6.44. The molecule has 0 spiro atoms. The van der Waals surface area contributed by atoms with Crippen LogP contribution < -0.4 is 5.32 Å². The van der Waals surface area contributed by atoms with Crippen molar-refractivity contribution in [1.82, 2.24) is 19.7 Å². The maximum Gasteiger partial charge on any atom is 0.416 e. The van der Waals surface area contributed by atoms with Gasteiger partial charge in [0.15, 0.2) is 10.9 Å². The van der Waals surface area contributed by atoms with Gasteiger partial charge < -0.3 is 10.4 Å². The topological polar surface area (TPSA) is 75.9 Å². The number of benzene rings is 3. The van der Waals surface area contributed by atoms with Crippen LogP contribution in [0.3, 0.4) is 0 Å². The molecule has 0 fully saturated rings. The molecule has 196 valence electrons. The van der Waals surface area contributed by atoms with Crippen LogP contribution in [0.1, 0.15) is 22.9 Å². The van der Waals surface area contributed by atoms with E-state index in [1.807, 2.05) is 30.3 Å². The van der Waals surface area contributed by atoms with Gasteiger partial charge in [0.1, 0.15) is 16.4 Å². The van der Waals surface area contributed by atoms with Crippen molar-refractivity contribution in [3.05, 3.63) is 105 Å². The second kappa shape index (κ2) is 9.82. The minimum atomic E-state index is -4.47. The number of aromatic hydroxyl groups is 1. The summed E-state index contributed by atoms with van der Waals surface area (Å²) in [5.74, 6) is 0.383. The first kappa shape index (κ1) is 25.6. The molecule has 0 saturated heterocycles. The van der Waals surface area contributed by atoms with Crippen molar-refractivity contribution in [2.75, 3.05) is 5.32 Å². The Morgan fingerprint density at radius 3 is 2.64 bits per heavy atom. The first-order valence-corrected chi connectivity index (χ1v) is 13.5. The van der Waals surface area contributed by atoms with Gasteiger partial charge in [-0.1, -0.05) is 53.3 Å². The molecule has 6 nitrogen and oxygen atoms in total. The molecule has 0 aliphatic heterocycles. The van der Waals surface area contributed by atoms with Crippen molar-refractivity contribution in [1.29, 1.82) is 0 Å². The lowest BCUT2D eigenvalue weighted by atomic mass is 9.95. The molecule has 6 rings (SSSR count). The summed E-state index contributed by atoms with van der Waals surface area (Å²) in [4.78, 5) is 8.93. The first-order valence-electron chi connectivity index (χ1n) is 11.5. The largest absolute Gasteiger partial charge is 0.508 e. The fraction of sp³-hybridized carbons (Fsp3) is 0.0741. The van der Waals surface area contributed by atoms with E-state index in [-0.39, 0.29) is 5.75 Å². The molecule has 39 heavy (non-hydrogen) atoms. The van der Waals surface area contributed by atoms with Crippen LogP contribution in [0.25, 0.3) is 26.8 Å². The van der Waals surface area contributed by atoms with Gasteiger partial charge in [-0.15, -0.1) is 0 Å². The second-order valence-corrected chi connectivity index (χ2v) is 10.9. The number of thiazole rings is 1. The summed E-state index contributed by atoms with van der Waals surface area (Å²) in [6.07, 6.45) is -2.88. The normalized spacial score (nSPS) is 12.7. The number of pyridine rings is 1. The Labute approximate surface area is 236 Å². The lowest BCUT2D eigenvalue weighted by Crippen LogP contribution is -2.18. The average Bonchev–Trinajstić information content (AvgIpc) is 3.49. The van der Waals surface area contributed by atoms with Gasteiger partial charge >= 0.3 is 6.18 Å². The first-order chi connectivity index (χ1) is 18.7. The monoisotopic (exact) mass is 629 g/mol. The summed E-state index contributed by atoms with van der Waals surface area (Å²) in [7, 11) is 0. The van der Waals surface area contributed by atoms with Gasteiger partial charge in [0.25, 0.3) is 0 Å². The number of hydrogen-bond acceptors (Lipinski definition) is 6. The van der Waals surface area contributed by atoms with Crippen LogP contribution in [0.4, 0.5) is 18.3 Å². The maximum atomic E-state index is 13.3. The zero-order valence-electron chi connectivity index (χ0n) is 19.6. The van der Waals surface area contributed by atoms with Gasteiger partial charge in [0.05, 0.1) is 26.5 Å². The number of hydrogen-bond donors (Lipinski definition) is 2. The molecule has 3 aromatic carbocycles. The van der Waals surface area contributed by atoms with Crippen molar-refractivity contribution in [2.45, 2.75) is 12.2 Å². The van der Waals surface area contributed by atoms with Gasteiger partial charge in [-0.2, -0.15) is 18.3 Å². The lowest BCUT2D eigenvalue weighted by Gasteiger charge is -2.23. The molecule has 12 heteroatoms. The molecule has 0 aliphatic carbocycles. The Hall–Kier alpha value is -3.67. The van der Waals surface area contributed by atoms with Crippen molar-refractivity contribution < 1.29 is 18.3 Å². The van der Waals surface area contributed by atoms with E-state index >= 15 is 0 Å². The Morgan fingerprint density at radius 2 is 1.85 bits per heavy atom. The number of fused-ring (bicyclic) bond motifs is 2. The standard InChI is InChI=1S/C27H16BrClF3N5OS/c28-22-13-19(37(36-22)25-17(29)6-3-11-33-25)24(23-16-5-2-1-4-14(16)7-10-20(23)38)35-26-34-18-9-8-15(27(30,31)32)12-21(18)39-26/h1-13,24,38H,(H,34,35). The van der Waals surface area contributed by atoms with Gasteiger partial charge in [0.2, 0.25) is 0 Å². The van der Waals surface area contributed by atoms with E-state index in [1.165, 1.54) is 6.07 Å². The smallest absolute Gasteiger partial charge is 0.416 e. The number of rotatable bonds is 5. The van der Waals surface area contributed by atoms with Gasteiger partial charge in [-0.3, -0.25) is 0 Å². The van der Waals surface area contributed by atoms with E-state index in [9.17, 15) is 18.3 Å². The molecule has 6 aromatic rings. The number of nitrogens with one attached hydrogen (secondary N) is 1. The SMILES string of the molecule is Oc1ccc2ccccc2c1C(Nc1nc2ccc(C(F)(F)F)cc2s1)c1cc(Br)nn1-c1ncccc1Cl. The average molecular weight is 631 g/mol. The van der Waals surface area contributed by atoms with E-state index in [4.69, 9.17) is 11.6 Å². The van der Waals surface area contributed by atoms with Crippen LogP contribution >= 0.6 is 38.9 Å². The highest BCUT2D eigenvalue weighted by Gasteiger charge is 2.31. The molecule has 3 heterocycles. The van der Waals surface area contributed by atoms with E-state index in [0.717, 1.165) is 34.2 Å². The van der Waals surface area contributed by atoms with Crippen LogP contribution in [-0.2, 0) is 6.18 Å². The number of phenols is 1. The van der Waals surface area contributed by atoms with Gasteiger partial charge in [0, 0.05) is 11.8 Å². The van der Waals surface area contributed by atoms with E-state index in [1.54, 1.807) is 35.1 Å². The highest BCUT2D eigenvalue weighted by molar-refractivity contribution is 9.10. The fourth-order valence-corrected chi connectivity index (χ4v) is 5.97. The molecule has 3 aromatic heterocycles. The molecule has 0 bridgehead atoms. The summed E-state index contributed by atoms with van der Waals surface area (Å²) < 4.78 is 42.4. The van der Waals surface area contributed by atoms with Crippen molar-refractivity contribution >= 4 is 65.0 Å². The number of phenolic OH excluding ortho intramolecular Hbond substituents is 1. The number of aromatic nitrogens is 4. The van der Waals surface area contributed by atoms with Gasteiger partial charge in [-0.25, -0.2) is 14.6 Å². The predicted octanol–water partition coefficient (Wildman–Crippen LogP) is 8.37. The molecular formula is C27H16BrClF3N5OS. The lowest BCUT2D eigenvalue weighted by molar-refractivity contribution is -0.137. The van der Waals surface area contributed by atoms with Crippen LogP contribution in [-0.4, -0.2) is 24.9 Å². The number of nitrogens with zero attached hydrogens (tertiary/aromatic N) is 4. The minimum Gasteiger partial charge on any atom is -0.508 e. The predicted molar refractivity (Wildman–Crippen MR) is 150 cm³/mol. The molecule has 0 radical (unpaired) electrons. The molecule has 1 unspecified atom stereocenters. The third kappa shape index (κ3) is 4.81. The summed E-state index contributed by atoms with van der Waals surface area (Å²) >= 11 is 11.0.